The Kier molecular flexibility index (Phi) is 5.40. The Morgan fingerprint density at radius 3 is 2.57 bits per heavy atom. The lowest BCUT2D eigenvalue weighted by atomic mass is 9.71. The smallest absolute Gasteiger partial charge is 0.221 e. The van der Waals surface area contributed by atoms with Crippen LogP contribution in [0.5, 0.6) is 0 Å². The molecule has 2 rings (SSSR count). The first-order valence-corrected chi connectivity index (χ1v) is 8.11. The average molecular weight is 288 g/mol. The molecule has 0 aromatic heterocycles. The van der Waals surface area contributed by atoms with E-state index in [4.69, 9.17) is 5.73 Å². The van der Waals surface area contributed by atoms with E-state index in [0.717, 1.165) is 12.8 Å². The molecule has 1 aromatic carbocycles. The van der Waals surface area contributed by atoms with Crippen LogP contribution in [0.2, 0.25) is 0 Å². The van der Waals surface area contributed by atoms with Crippen molar-refractivity contribution >= 4 is 5.91 Å². The van der Waals surface area contributed by atoms with Gasteiger partial charge in [0.1, 0.15) is 0 Å². The Hall–Kier alpha value is -1.35. The van der Waals surface area contributed by atoms with Gasteiger partial charge in [-0.1, -0.05) is 43.5 Å². The van der Waals surface area contributed by atoms with Gasteiger partial charge in [0.25, 0.3) is 0 Å². The number of nitrogens with one attached hydrogen (secondary N) is 1. The fraction of sp³-hybridized carbons (Fsp3) is 0.611. The van der Waals surface area contributed by atoms with Gasteiger partial charge >= 0.3 is 0 Å². The minimum absolute atomic E-state index is 0.0355. The van der Waals surface area contributed by atoms with Gasteiger partial charge in [0.2, 0.25) is 5.91 Å². The molecule has 0 spiro atoms. The highest BCUT2D eigenvalue weighted by Gasteiger charge is 2.33. The molecule has 0 heterocycles. The highest BCUT2D eigenvalue weighted by molar-refractivity contribution is 5.77. The van der Waals surface area contributed by atoms with Crippen LogP contribution >= 0.6 is 0 Å². The van der Waals surface area contributed by atoms with Crippen molar-refractivity contribution in [3.63, 3.8) is 0 Å². The summed E-state index contributed by atoms with van der Waals surface area (Å²) in [4.78, 5) is 12.4. The van der Waals surface area contributed by atoms with Crippen LogP contribution < -0.4 is 11.1 Å². The Morgan fingerprint density at radius 2 is 1.95 bits per heavy atom. The summed E-state index contributed by atoms with van der Waals surface area (Å²) in [7, 11) is 0. The van der Waals surface area contributed by atoms with Crippen LogP contribution in [0.25, 0.3) is 0 Å². The van der Waals surface area contributed by atoms with Crippen molar-refractivity contribution < 1.29 is 4.79 Å². The fourth-order valence-electron chi connectivity index (χ4n) is 3.54. The molecule has 0 radical (unpaired) electrons. The SMILES string of the molecule is Cc1ccccc1[C@@H](C)NC(=O)CC1(CN)CCCCC1. The van der Waals surface area contributed by atoms with Gasteiger partial charge in [-0.25, -0.2) is 0 Å². The highest BCUT2D eigenvalue weighted by Crippen LogP contribution is 2.38. The molecule has 0 saturated heterocycles. The third-order valence-electron chi connectivity index (χ3n) is 4.92. The minimum atomic E-state index is 0.0355. The minimum Gasteiger partial charge on any atom is -0.350 e. The number of hydrogen-bond acceptors (Lipinski definition) is 2. The summed E-state index contributed by atoms with van der Waals surface area (Å²) >= 11 is 0. The summed E-state index contributed by atoms with van der Waals surface area (Å²) in [6.45, 7) is 4.76. The van der Waals surface area contributed by atoms with E-state index >= 15 is 0 Å². The van der Waals surface area contributed by atoms with Gasteiger partial charge < -0.3 is 11.1 Å². The van der Waals surface area contributed by atoms with Crippen LogP contribution in [0.4, 0.5) is 0 Å². The van der Waals surface area contributed by atoms with Gasteiger partial charge in [0.15, 0.2) is 0 Å². The predicted octanol–water partition coefficient (Wildman–Crippen LogP) is 3.47. The van der Waals surface area contributed by atoms with Crippen molar-refractivity contribution in [1.82, 2.24) is 5.32 Å². The third-order valence-corrected chi connectivity index (χ3v) is 4.92. The molecule has 3 N–H and O–H groups in total. The number of hydrogen-bond donors (Lipinski definition) is 2. The van der Waals surface area contributed by atoms with Crippen molar-refractivity contribution in [2.75, 3.05) is 6.54 Å². The molecule has 0 bridgehead atoms. The van der Waals surface area contributed by atoms with Crippen LogP contribution in [-0.2, 0) is 4.79 Å². The zero-order valence-electron chi connectivity index (χ0n) is 13.3. The zero-order chi connectivity index (χ0) is 15.3. The second-order valence-corrected chi connectivity index (χ2v) is 6.59. The van der Waals surface area contributed by atoms with Crippen molar-refractivity contribution in [1.29, 1.82) is 0 Å². The van der Waals surface area contributed by atoms with Gasteiger partial charge in [-0.05, 0) is 49.8 Å². The first kappa shape index (κ1) is 16.0. The molecule has 3 nitrogen and oxygen atoms in total. The number of rotatable bonds is 5. The largest absolute Gasteiger partial charge is 0.350 e. The summed E-state index contributed by atoms with van der Waals surface area (Å²) < 4.78 is 0. The number of carbonyl (C=O) groups excluding carboxylic acids is 1. The van der Waals surface area contributed by atoms with Gasteiger partial charge in [0, 0.05) is 6.42 Å². The standard InChI is InChI=1S/C18H28N2O/c1-14-8-4-5-9-16(14)15(2)20-17(21)12-18(13-19)10-6-3-7-11-18/h4-5,8-9,15H,3,6-7,10-13,19H2,1-2H3,(H,20,21)/t15-/m1/s1. The van der Waals surface area contributed by atoms with Crippen LogP contribution in [0.3, 0.4) is 0 Å². The Bertz CT molecular complexity index is 478. The number of carbonyl (C=O) groups is 1. The van der Waals surface area contributed by atoms with E-state index < -0.39 is 0 Å². The maximum Gasteiger partial charge on any atom is 0.221 e. The molecule has 3 heteroatoms. The summed E-state index contributed by atoms with van der Waals surface area (Å²) in [5.41, 5.74) is 8.42. The molecule has 1 saturated carbocycles. The number of amides is 1. The Morgan fingerprint density at radius 1 is 1.29 bits per heavy atom. The van der Waals surface area contributed by atoms with Crippen molar-refractivity contribution in [3.8, 4) is 0 Å². The zero-order valence-corrected chi connectivity index (χ0v) is 13.3. The van der Waals surface area contributed by atoms with Crippen molar-refractivity contribution in [3.05, 3.63) is 35.4 Å². The summed E-state index contributed by atoms with van der Waals surface area (Å²) in [5, 5.41) is 3.15. The first-order valence-electron chi connectivity index (χ1n) is 8.11. The van der Waals surface area contributed by atoms with Crippen molar-refractivity contribution in [2.24, 2.45) is 11.1 Å². The van der Waals surface area contributed by atoms with Gasteiger partial charge in [-0.15, -0.1) is 0 Å². The van der Waals surface area contributed by atoms with Crippen LogP contribution in [0.15, 0.2) is 24.3 Å². The Balaban J connectivity index is 1.96. The van der Waals surface area contributed by atoms with E-state index in [1.165, 1.54) is 30.4 Å². The maximum atomic E-state index is 12.4. The van der Waals surface area contributed by atoms with Crippen LogP contribution in [0, 0.1) is 12.3 Å². The lowest BCUT2D eigenvalue weighted by molar-refractivity contribution is -0.124. The third kappa shape index (κ3) is 4.07. The molecule has 21 heavy (non-hydrogen) atoms. The second kappa shape index (κ2) is 7.08. The second-order valence-electron chi connectivity index (χ2n) is 6.59. The van der Waals surface area contributed by atoms with E-state index in [2.05, 4.69) is 31.3 Å². The van der Waals surface area contributed by atoms with E-state index in [0.29, 0.717) is 13.0 Å². The predicted molar refractivity (Wildman–Crippen MR) is 86.9 cm³/mol. The van der Waals surface area contributed by atoms with Gasteiger partial charge in [0.05, 0.1) is 6.04 Å². The molecule has 116 valence electrons. The van der Waals surface area contributed by atoms with Crippen LogP contribution in [0.1, 0.15) is 62.6 Å². The topological polar surface area (TPSA) is 55.1 Å². The normalized spacial score (nSPS) is 19.0. The molecule has 0 unspecified atom stereocenters. The van der Waals surface area contributed by atoms with Gasteiger partial charge in [-0.2, -0.15) is 0 Å². The molecular formula is C18H28N2O. The quantitative estimate of drug-likeness (QED) is 0.871. The number of nitrogens with two attached hydrogens (primary N) is 1. The molecule has 1 aliphatic carbocycles. The monoisotopic (exact) mass is 288 g/mol. The molecule has 1 atom stereocenters. The van der Waals surface area contributed by atoms with E-state index in [1.807, 2.05) is 12.1 Å². The van der Waals surface area contributed by atoms with E-state index in [9.17, 15) is 4.79 Å². The number of aryl methyl sites for hydroxylation is 1. The summed E-state index contributed by atoms with van der Waals surface area (Å²) in [5.74, 6) is 0.137. The lowest BCUT2D eigenvalue weighted by Crippen LogP contribution is -2.39. The first-order chi connectivity index (χ1) is 10.1. The molecule has 1 fully saturated rings. The van der Waals surface area contributed by atoms with Crippen molar-refractivity contribution in [2.45, 2.75) is 58.4 Å². The molecular weight excluding hydrogens is 260 g/mol. The molecule has 1 aliphatic rings. The van der Waals surface area contributed by atoms with E-state index in [-0.39, 0.29) is 17.4 Å². The Labute approximate surface area is 128 Å². The molecule has 1 aromatic rings. The lowest BCUT2D eigenvalue weighted by Gasteiger charge is -2.36. The summed E-state index contributed by atoms with van der Waals surface area (Å²) in [6.07, 6.45) is 6.45. The van der Waals surface area contributed by atoms with E-state index in [1.54, 1.807) is 0 Å². The fourth-order valence-corrected chi connectivity index (χ4v) is 3.54. The van der Waals surface area contributed by atoms with Gasteiger partial charge in [-0.3, -0.25) is 4.79 Å². The van der Waals surface area contributed by atoms with Crippen LogP contribution in [-0.4, -0.2) is 12.5 Å². The maximum absolute atomic E-state index is 12.4. The molecule has 0 aliphatic heterocycles. The number of benzene rings is 1. The highest BCUT2D eigenvalue weighted by atomic mass is 16.1. The molecule has 1 amide bonds. The summed E-state index contributed by atoms with van der Waals surface area (Å²) in [6, 6.07) is 8.27. The average Bonchev–Trinajstić information content (AvgIpc) is 2.48.